The van der Waals surface area contributed by atoms with E-state index in [0.29, 0.717) is 19.0 Å². The normalized spacial score (nSPS) is 15.2. The largest absolute Gasteiger partial charge is 0.383 e. The number of para-hydroxylation sites is 1. The Bertz CT molecular complexity index is 615. The first-order valence-corrected chi connectivity index (χ1v) is 7.70. The lowest BCUT2D eigenvalue weighted by atomic mass is 10.2. The molecule has 1 aromatic carbocycles. The molecule has 1 aliphatic rings. The van der Waals surface area contributed by atoms with Crippen LogP contribution in [-0.2, 0) is 4.79 Å². The molecule has 0 aliphatic heterocycles. The van der Waals surface area contributed by atoms with Gasteiger partial charge in [-0.2, -0.15) is 0 Å². The number of hydrogen-bond donors (Lipinski definition) is 2. The van der Waals surface area contributed by atoms with E-state index in [1.54, 1.807) is 6.20 Å². The van der Waals surface area contributed by atoms with Gasteiger partial charge in [-0.1, -0.05) is 31.0 Å². The number of rotatable bonds is 5. The van der Waals surface area contributed by atoms with Crippen LogP contribution in [0.2, 0.25) is 0 Å². The zero-order valence-electron chi connectivity index (χ0n) is 12.1. The Morgan fingerprint density at radius 1 is 1.19 bits per heavy atom. The minimum atomic E-state index is 0.141. The van der Waals surface area contributed by atoms with Gasteiger partial charge in [-0.15, -0.1) is 0 Å². The van der Waals surface area contributed by atoms with Crippen LogP contribution in [0.3, 0.4) is 0 Å². The van der Waals surface area contributed by atoms with Gasteiger partial charge in [-0.25, -0.2) is 0 Å². The third-order valence-electron chi connectivity index (χ3n) is 4.02. The predicted octanol–water partition coefficient (Wildman–Crippen LogP) is 3.10. The molecule has 0 unspecified atom stereocenters. The van der Waals surface area contributed by atoms with Gasteiger partial charge in [0.25, 0.3) is 0 Å². The molecule has 0 spiro atoms. The van der Waals surface area contributed by atoms with Gasteiger partial charge in [0.2, 0.25) is 5.91 Å². The van der Waals surface area contributed by atoms with Gasteiger partial charge in [-0.3, -0.25) is 9.78 Å². The number of carbonyl (C=O) groups excluding carboxylic acids is 1. The summed E-state index contributed by atoms with van der Waals surface area (Å²) in [7, 11) is 0. The number of hydrogen-bond acceptors (Lipinski definition) is 3. The summed E-state index contributed by atoms with van der Waals surface area (Å²) in [5.41, 5.74) is 1.94. The molecule has 3 rings (SSSR count). The van der Waals surface area contributed by atoms with Gasteiger partial charge in [0.15, 0.2) is 0 Å². The molecular weight excluding hydrogens is 262 g/mol. The third kappa shape index (κ3) is 3.51. The van der Waals surface area contributed by atoms with Crippen molar-refractivity contribution in [1.29, 1.82) is 0 Å². The number of anilines is 1. The Labute approximate surface area is 125 Å². The number of carbonyl (C=O) groups is 1. The van der Waals surface area contributed by atoms with Gasteiger partial charge in [0.1, 0.15) is 0 Å². The fourth-order valence-corrected chi connectivity index (χ4v) is 2.93. The number of nitrogens with zero attached hydrogens (tertiary/aromatic N) is 1. The van der Waals surface area contributed by atoms with Gasteiger partial charge in [0, 0.05) is 30.6 Å². The molecule has 1 saturated carbocycles. The summed E-state index contributed by atoms with van der Waals surface area (Å²) in [6.07, 6.45) is 7.04. The second-order valence-corrected chi connectivity index (χ2v) is 5.61. The first-order chi connectivity index (χ1) is 10.3. The van der Waals surface area contributed by atoms with Crippen molar-refractivity contribution in [2.75, 3.05) is 11.9 Å². The van der Waals surface area contributed by atoms with E-state index in [1.165, 1.54) is 12.8 Å². The number of benzene rings is 1. The maximum atomic E-state index is 11.9. The van der Waals surface area contributed by atoms with Crippen LogP contribution in [0.25, 0.3) is 10.9 Å². The van der Waals surface area contributed by atoms with Crippen LogP contribution in [0.4, 0.5) is 5.69 Å². The highest BCUT2D eigenvalue weighted by Gasteiger charge is 2.16. The Morgan fingerprint density at radius 2 is 2.00 bits per heavy atom. The summed E-state index contributed by atoms with van der Waals surface area (Å²) in [6.45, 7) is 0.633. The van der Waals surface area contributed by atoms with Gasteiger partial charge >= 0.3 is 0 Å². The first kappa shape index (κ1) is 13.9. The highest BCUT2D eigenvalue weighted by molar-refractivity contribution is 5.90. The highest BCUT2D eigenvalue weighted by Crippen LogP contribution is 2.20. The van der Waals surface area contributed by atoms with Crippen LogP contribution >= 0.6 is 0 Å². The SMILES string of the molecule is O=C(CCNc1cccc2cccnc12)NC1CCCC1. The van der Waals surface area contributed by atoms with Crippen molar-refractivity contribution < 1.29 is 4.79 Å². The van der Waals surface area contributed by atoms with Crippen molar-refractivity contribution in [3.05, 3.63) is 36.5 Å². The molecule has 0 atom stereocenters. The molecule has 21 heavy (non-hydrogen) atoms. The Kier molecular flexibility index (Phi) is 4.34. The van der Waals surface area contributed by atoms with Crippen LogP contribution in [0, 0.1) is 0 Å². The topological polar surface area (TPSA) is 54.0 Å². The molecular formula is C17H21N3O. The second kappa shape index (κ2) is 6.57. The van der Waals surface area contributed by atoms with Crippen LogP contribution in [0.15, 0.2) is 36.5 Å². The molecule has 2 N–H and O–H groups in total. The van der Waals surface area contributed by atoms with Gasteiger partial charge < -0.3 is 10.6 Å². The fourth-order valence-electron chi connectivity index (χ4n) is 2.93. The van der Waals surface area contributed by atoms with E-state index in [4.69, 9.17) is 0 Å². The lowest BCUT2D eigenvalue weighted by Gasteiger charge is -2.13. The predicted molar refractivity (Wildman–Crippen MR) is 85.2 cm³/mol. The van der Waals surface area contributed by atoms with Gasteiger partial charge in [0.05, 0.1) is 11.2 Å². The average molecular weight is 283 g/mol. The first-order valence-electron chi connectivity index (χ1n) is 7.70. The fraction of sp³-hybridized carbons (Fsp3) is 0.412. The zero-order valence-corrected chi connectivity index (χ0v) is 12.1. The second-order valence-electron chi connectivity index (χ2n) is 5.61. The lowest BCUT2D eigenvalue weighted by molar-refractivity contribution is -0.121. The molecule has 1 aliphatic carbocycles. The standard InChI is InChI=1S/C17H21N3O/c21-16(20-14-7-1-2-8-14)10-12-18-15-9-3-5-13-6-4-11-19-17(13)15/h3-6,9,11,14,18H,1-2,7-8,10,12H2,(H,20,21). The summed E-state index contributed by atoms with van der Waals surface area (Å²) in [4.78, 5) is 16.3. The van der Waals surface area contributed by atoms with Crippen molar-refractivity contribution in [2.45, 2.75) is 38.1 Å². The Hall–Kier alpha value is -2.10. The molecule has 110 valence electrons. The molecule has 2 aromatic rings. The van der Waals surface area contributed by atoms with E-state index in [-0.39, 0.29) is 5.91 Å². The number of nitrogens with one attached hydrogen (secondary N) is 2. The summed E-state index contributed by atoms with van der Waals surface area (Å²) >= 11 is 0. The molecule has 1 heterocycles. The van der Waals surface area contributed by atoms with Crippen LogP contribution in [0.1, 0.15) is 32.1 Å². The summed E-state index contributed by atoms with van der Waals surface area (Å²) in [6, 6.07) is 10.4. The Morgan fingerprint density at radius 3 is 2.86 bits per heavy atom. The smallest absolute Gasteiger partial charge is 0.221 e. The summed E-state index contributed by atoms with van der Waals surface area (Å²) in [5.74, 6) is 0.141. The third-order valence-corrected chi connectivity index (χ3v) is 4.02. The molecule has 0 bridgehead atoms. The maximum absolute atomic E-state index is 11.9. The van der Waals surface area contributed by atoms with E-state index in [9.17, 15) is 4.79 Å². The van der Waals surface area contributed by atoms with E-state index < -0.39 is 0 Å². The monoisotopic (exact) mass is 283 g/mol. The van der Waals surface area contributed by atoms with Gasteiger partial charge in [-0.05, 0) is 25.0 Å². The van der Waals surface area contributed by atoms with Crippen LogP contribution in [-0.4, -0.2) is 23.5 Å². The molecule has 0 radical (unpaired) electrons. The van der Waals surface area contributed by atoms with Crippen LogP contribution in [0.5, 0.6) is 0 Å². The van der Waals surface area contributed by atoms with E-state index in [1.807, 2.05) is 30.3 Å². The van der Waals surface area contributed by atoms with Crippen molar-refractivity contribution in [3.63, 3.8) is 0 Å². The van der Waals surface area contributed by atoms with E-state index in [0.717, 1.165) is 29.4 Å². The van der Waals surface area contributed by atoms with Crippen molar-refractivity contribution in [3.8, 4) is 0 Å². The number of pyridine rings is 1. The van der Waals surface area contributed by atoms with Crippen molar-refractivity contribution >= 4 is 22.5 Å². The molecule has 1 fully saturated rings. The average Bonchev–Trinajstić information content (AvgIpc) is 3.00. The van der Waals surface area contributed by atoms with Crippen molar-refractivity contribution in [1.82, 2.24) is 10.3 Å². The minimum absolute atomic E-state index is 0.141. The lowest BCUT2D eigenvalue weighted by Crippen LogP contribution is -2.33. The highest BCUT2D eigenvalue weighted by atomic mass is 16.1. The van der Waals surface area contributed by atoms with Crippen molar-refractivity contribution in [2.24, 2.45) is 0 Å². The molecule has 0 saturated heterocycles. The zero-order chi connectivity index (χ0) is 14.5. The molecule has 4 nitrogen and oxygen atoms in total. The molecule has 1 amide bonds. The molecule has 1 aromatic heterocycles. The minimum Gasteiger partial charge on any atom is -0.383 e. The molecule has 4 heteroatoms. The number of fused-ring (bicyclic) bond motifs is 1. The van der Waals surface area contributed by atoms with E-state index in [2.05, 4.69) is 15.6 Å². The summed E-state index contributed by atoms with van der Waals surface area (Å²) in [5, 5.41) is 7.54. The summed E-state index contributed by atoms with van der Waals surface area (Å²) < 4.78 is 0. The van der Waals surface area contributed by atoms with E-state index >= 15 is 0 Å². The Balaban J connectivity index is 1.53. The number of amides is 1. The van der Waals surface area contributed by atoms with Crippen LogP contribution < -0.4 is 10.6 Å². The quantitative estimate of drug-likeness (QED) is 0.886. The maximum Gasteiger partial charge on any atom is 0.221 e. The number of aromatic nitrogens is 1.